The topological polar surface area (TPSA) is 126 Å². The summed E-state index contributed by atoms with van der Waals surface area (Å²) < 4.78 is 1.60. The summed E-state index contributed by atoms with van der Waals surface area (Å²) in [5.74, 6) is -0.121. The second kappa shape index (κ2) is 8.45. The molecule has 4 N–H and O–H groups in total. The number of rotatable bonds is 3. The molecule has 1 aliphatic rings. The van der Waals surface area contributed by atoms with Gasteiger partial charge in [-0.15, -0.1) is 0 Å². The van der Waals surface area contributed by atoms with Crippen LogP contribution in [-0.4, -0.2) is 51.7 Å². The Morgan fingerprint density at radius 2 is 2.04 bits per heavy atom. The van der Waals surface area contributed by atoms with E-state index in [0.717, 1.165) is 12.7 Å². The lowest BCUT2D eigenvalue weighted by Gasteiger charge is -2.25. The number of nitrogens with one attached hydrogen (secondary N) is 1. The van der Waals surface area contributed by atoms with Crippen molar-refractivity contribution in [2.75, 3.05) is 19.5 Å². The van der Waals surface area contributed by atoms with Gasteiger partial charge in [0.2, 0.25) is 5.91 Å². The monoisotopic (exact) mass is 372 g/mol. The molecule has 2 aromatic rings. The number of aliphatic hydroxyl groups excluding tert-OH is 1. The van der Waals surface area contributed by atoms with Gasteiger partial charge in [0.05, 0.1) is 23.7 Å². The number of aryl methyl sites for hydroxylation is 2. The van der Waals surface area contributed by atoms with Gasteiger partial charge in [-0.05, 0) is 24.6 Å². The predicted octanol–water partition coefficient (Wildman–Crippen LogP) is 0.807. The third kappa shape index (κ3) is 4.50. The second-order valence-electron chi connectivity index (χ2n) is 6.04. The molecular weight excluding hydrogens is 348 g/mol. The third-order valence-electron chi connectivity index (χ3n) is 4.16. The summed E-state index contributed by atoms with van der Waals surface area (Å²) in [6.45, 7) is 1.78. The van der Waals surface area contributed by atoms with E-state index in [-0.39, 0.29) is 30.2 Å². The molecule has 144 valence electrons. The van der Waals surface area contributed by atoms with E-state index in [1.165, 1.54) is 4.90 Å². The van der Waals surface area contributed by atoms with Crippen LogP contribution in [0.2, 0.25) is 0 Å². The number of aliphatic imine (C=N–C) groups is 1. The highest BCUT2D eigenvalue weighted by molar-refractivity contribution is 6.05. The van der Waals surface area contributed by atoms with E-state index in [1.807, 2.05) is 18.2 Å². The largest absolute Gasteiger partial charge is 0.400 e. The van der Waals surface area contributed by atoms with E-state index in [2.05, 4.69) is 15.4 Å². The van der Waals surface area contributed by atoms with Gasteiger partial charge >= 0.3 is 0 Å². The normalized spacial score (nSPS) is 16.3. The Morgan fingerprint density at radius 1 is 1.33 bits per heavy atom. The minimum Gasteiger partial charge on any atom is -0.400 e. The Kier molecular flexibility index (Phi) is 6.30. The fraction of sp³-hybridized carbons (Fsp3) is 0.333. The summed E-state index contributed by atoms with van der Waals surface area (Å²) in [6, 6.07) is 6.93. The van der Waals surface area contributed by atoms with Gasteiger partial charge < -0.3 is 16.2 Å². The standard InChI is InChI=1S/C17H20N6O2.CH4O/c1-10-13(9-22(2)21-10)16(25)19-12-6-4-5-11(7-12)14-8-15(24)23(3)17(18)20-14;1-2/h4-7,9,14H,8H2,1-3H3,(H2,18,20)(H,19,25);2H,1H3. The molecule has 0 aliphatic carbocycles. The summed E-state index contributed by atoms with van der Waals surface area (Å²) in [7, 11) is 4.37. The first-order chi connectivity index (χ1) is 12.8. The molecule has 0 saturated heterocycles. The molecule has 1 atom stereocenters. The van der Waals surface area contributed by atoms with Crippen LogP contribution in [0.1, 0.15) is 34.1 Å². The molecule has 1 unspecified atom stereocenters. The van der Waals surface area contributed by atoms with Crippen molar-refractivity contribution in [3.63, 3.8) is 0 Å². The van der Waals surface area contributed by atoms with Gasteiger partial charge in [0.1, 0.15) is 0 Å². The van der Waals surface area contributed by atoms with Crippen LogP contribution >= 0.6 is 0 Å². The number of aliphatic hydroxyl groups is 1. The zero-order valence-corrected chi connectivity index (χ0v) is 15.8. The van der Waals surface area contributed by atoms with Crippen molar-refractivity contribution < 1.29 is 14.7 Å². The van der Waals surface area contributed by atoms with Gasteiger partial charge in [0, 0.05) is 33.1 Å². The molecule has 0 saturated carbocycles. The summed E-state index contributed by atoms with van der Waals surface area (Å²) >= 11 is 0. The van der Waals surface area contributed by atoms with Crippen LogP contribution in [0.4, 0.5) is 5.69 Å². The van der Waals surface area contributed by atoms with Gasteiger partial charge in [-0.1, -0.05) is 12.1 Å². The Hall–Kier alpha value is -3.20. The molecule has 1 aliphatic heterocycles. The van der Waals surface area contributed by atoms with Crippen LogP contribution < -0.4 is 11.1 Å². The number of benzene rings is 1. The Morgan fingerprint density at radius 3 is 2.63 bits per heavy atom. The first kappa shape index (κ1) is 20.1. The van der Waals surface area contributed by atoms with Crippen LogP contribution in [-0.2, 0) is 11.8 Å². The average Bonchev–Trinajstić information content (AvgIpc) is 2.99. The maximum Gasteiger partial charge on any atom is 0.259 e. The molecule has 2 amide bonds. The van der Waals surface area contributed by atoms with E-state index in [9.17, 15) is 9.59 Å². The Balaban J connectivity index is 0.00000126. The zero-order chi connectivity index (χ0) is 20.1. The second-order valence-corrected chi connectivity index (χ2v) is 6.04. The van der Waals surface area contributed by atoms with Crippen LogP contribution in [0.15, 0.2) is 35.5 Å². The fourth-order valence-electron chi connectivity index (χ4n) is 2.76. The molecule has 9 heteroatoms. The van der Waals surface area contributed by atoms with Crippen LogP contribution in [0.25, 0.3) is 0 Å². The van der Waals surface area contributed by atoms with E-state index >= 15 is 0 Å². The minimum absolute atomic E-state index is 0.0853. The molecule has 9 nitrogen and oxygen atoms in total. The lowest BCUT2D eigenvalue weighted by molar-refractivity contribution is -0.127. The number of nitrogens with two attached hydrogens (primary N) is 1. The summed E-state index contributed by atoms with van der Waals surface area (Å²) in [5, 5.41) is 14.0. The minimum atomic E-state index is -0.347. The average molecular weight is 372 g/mol. The highest BCUT2D eigenvalue weighted by atomic mass is 16.2. The Bertz CT molecular complexity index is 874. The first-order valence-corrected chi connectivity index (χ1v) is 8.31. The molecule has 27 heavy (non-hydrogen) atoms. The molecule has 1 aromatic carbocycles. The number of amides is 2. The van der Waals surface area contributed by atoms with Gasteiger partial charge in [-0.3, -0.25) is 19.2 Å². The summed E-state index contributed by atoms with van der Waals surface area (Å²) in [5.41, 5.74) is 8.42. The number of carbonyl (C=O) groups excluding carboxylic acids is 2. The van der Waals surface area contributed by atoms with Gasteiger partial charge in [0.15, 0.2) is 5.96 Å². The summed E-state index contributed by atoms with van der Waals surface area (Å²) in [4.78, 5) is 30.1. The zero-order valence-electron chi connectivity index (χ0n) is 15.8. The van der Waals surface area contributed by atoms with Gasteiger partial charge in [-0.2, -0.15) is 5.10 Å². The molecule has 0 bridgehead atoms. The van der Waals surface area contributed by atoms with Crippen molar-refractivity contribution in [3.8, 4) is 0 Å². The SMILES string of the molecule is CO.Cc1nn(C)cc1C(=O)Nc1cccc(C2CC(=O)N(C)C(N)=N2)c1. The van der Waals surface area contributed by atoms with E-state index in [1.54, 1.807) is 38.0 Å². The summed E-state index contributed by atoms with van der Waals surface area (Å²) in [6.07, 6.45) is 1.92. The molecule has 3 rings (SSSR count). The maximum absolute atomic E-state index is 12.4. The van der Waals surface area contributed by atoms with Crippen molar-refractivity contribution in [2.24, 2.45) is 17.8 Å². The number of anilines is 1. The van der Waals surface area contributed by atoms with E-state index < -0.39 is 0 Å². The smallest absolute Gasteiger partial charge is 0.259 e. The lowest BCUT2D eigenvalue weighted by atomic mass is 10.0. The van der Waals surface area contributed by atoms with Crippen molar-refractivity contribution >= 4 is 23.5 Å². The lowest BCUT2D eigenvalue weighted by Crippen LogP contribution is -2.42. The molecule has 1 aromatic heterocycles. The number of hydrogen-bond acceptors (Lipinski definition) is 6. The predicted molar refractivity (Wildman–Crippen MR) is 102 cm³/mol. The highest BCUT2D eigenvalue weighted by Crippen LogP contribution is 2.27. The van der Waals surface area contributed by atoms with Gasteiger partial charge in [0.25, 0.3) is 5.91 Å². The number of hydrogen-bond donors (Lipinski definition) is 3. The van der Waals surface area contributed by atoms with Crippen molar-refractivity contribution in [1.82, 2.24) is 14.7 Å². The Labute approximate surface area is 157 Å². The number of guanidine groups is 1. The first-order valence-electron chi connectivity index (χ1n) is 8.31. The van der Waals surface area contributed by atoms with Crippen molar-refractivity contribution in [1.29, 1.82) is 0 Å². The van der Waals surface area contributed by atoms with E-state index in [4.69, 9.17) is 10.8 Å². The van der Waals surface area contributed by atoms with Crippen LogP contribution in [0, 0.1) is 6.92 Å². The quantitative estimate of drug-likeness (QED) is 0.735. The van der Waals surface area contributed by atoms with E-state index in [0.29, 0.717) is 16.9 Å². The molecular formula is C18H24N6O3. The van der Waals surface area contributed by atoms with Gasteiger partial charge in [-0.25, -0.2) is 4.99 Å². The molecule has 0 spiro atoms. The third-order valence-corrected chi connectivity index (χ3v) is 4.16. The number of carbonyl (C=O) groups is 2. The molecule has 0 radical (unpaired) electrons. The van der Waals surface area contributed by atoms with Crippen molar-refractivity contribution in [3.05, 3.63) is 47.3 Å². The molecule has 0 fully saturated rings. The highest BCUT2D eigenvalue weighted by Gasteiger charge is 2.25. The van der Waals surface area contributed by atoms with Crippen LogP contribution in [0.3, 0.4) is 0 Å². The van der Waals surface area contributed by atoms with Crippen molar-refractivity contribution in [2.45, 2.75) is 19.4 Å². The fourth-order valence-corrected chi connectivity index (χ4v) is 2.76. The number of nitrogens with zero attached hydrogens (tertiary/aromatic N) is 4. The maximum atomic E-state index is 12.4. The van der Waals surface area contributed by atoms with Crippen LogP contribution in [0.5, 0.6) is 0 Å². The molecule has 2 heterocycles. The number of aromatic nitrogens is 2.